The number of carbonyl (C=O) groups is 1. The lowest BCUT2D eigenvalue weighted by Crippen LogP contribution is -2.27. The van der Waals surface area contributed by atoms with Gasteiger partial charge in [-0.3, -0.25) is 4.79 Å². The molecule has 0 bridgehead atoms. The van der Waals surface area contributed by atoms with E-state index in [1.54, 1.807) is 0 Å². The zero-order chi connectivity index (χ0) is 14.7. The van der Waals surface area contributed by atoms with Gasteiger partial charge in [0.15, 0.2) is 10.9 Å². The van der Waals surface area contributed by atoms with Crippen molar-refractivity contribution in [3.8, 4) is 0 Å². The van der Waals surface area contributed by atoms with Crippen molar-refractivity contribution in [1.82, 2.24) is 15.3 Å². The van der Waals surface area contributed by atoms with Gasteiger partial charge >= 0.3 is 0 Å². The van der Waals surface area contributed by atoms with Crippen molar-refractivity contribution in [2.75, 3.05) is 6.26 Å². The predicted molar refractivity (Wildman–Crippen MR) is 78.1 cm³/mol. The van der Waals surface area contributed by atoms with Crippen molar-refractivity contribution in [1.29, 1.82) is 0 Å². The molecule has 1 atom stereocenters. The van der Waals surface area contributed by atoms with Gasteiger partial charge in [-0.05, 0) is 32.2 Å². The largest absolute Gasteiger partial charge is 0.464 e. The van der Waals surface area contributed by atoms with Crippen LogP contribution >= 0.6 is 23.4 Å². The van der Waals surface area contributed by atoms with Gasteiger partial charge in [0.1, 0.15) is 11.5 Å². The Morgan fingerprint density at radius 3 is 2.85 bits per heavy atom. The van der Waals surface area contributed by atoms with Gasteiger partial charge in [0, 0.05) is 0 Å². The summed E-state index contributed by atoms with van der Waals surface area (Å²) in [5.74, 6) is 1.13. The molecule has 0 saturated carbocycles. The van der Waals surface area contributed by atoms with Crippen molar-refractivity contribution < 1.29 is 9.21 Å². The van der Waals surface area contributed by atoms with Crippen LogP contribution in [0.4, 0.5) is 0 Å². The Bertz CT molecular complexity index is 630. The highest BCUT2D eigenvalue weighted by Crippen LogP contribution is 2.19. The van der Waals surface area contributed by atoms with Crippen LogP contribution in [-0.4, -0.2) is 22.1 Å². The van der Waals surface area contributed by atoms with Gasteiger partial charge in [0.25, 0.3) is 5.91 Å². The quantitative estimate of drug-likeness (QED) is 0.693. The molecule has 5 nitrogen and oxygen atoms in total. The van der Waals surface area contributed by atoms with Crippen LogP contribution in [0.15, 0.2) is 27.9 Å². The fourth-order valence-electron chi connectivity index (χ4n) is 1.63. The van der Waals surface area contributed by atoms with E-state index in [-0.39, 0.29) is 22.7 Å². The molecule has 0 aromatic carbocycles. The summed E-state index contributed by atoms with van der Waals surface area (Å²) < 4.78 is 5.47. The average Bonchev–Trinajstić information content (AvgIpc) is 2.86. The van der Waals surface area contributed by atoms with Gasteiger partial charge in [-0.2, -0.15) is 0 Å². The van der Waals surface area contributed by atoms with E-state index in [1.165, 1.54) is 18.0 Å². The second-order valence-electron chi connectivity index (χ2n) is 4.20. The highest BCUT2D eigenvalue weighted by atomic mass is 35.5. The van der Waals surface area contributed by atoms with E-state index in [2.05, 4.69) is 15.3 Å². The smallest absolute Gasteiger partial charge is 0.272 e. The number of hydrogen-bond acceptors (Lipinski definition) is 5. The minimum absolute atomic E-state index is 0.168. The van der Waals surface area contributed by atoms with Crippen molar-refractivity contribution in [3.63, 3.8) is 0 Å². The second kappa shape index (κ2) is 6.28. The first-order chi connectivity index (χ1) is 9.51. The van der Waals surface area contributed by atoms with E-state index in [4.69, 9.17) is 16.0 Å². The van der Waals surface area contributed by atoms with E-state index in [0.29, 0.717) is 10.9 Å². The lowest BCUT2D eigenvalue weighted by molar-refractivity contribution is 0.0929. The third-order valence-corrected chi connectivity index (χ3v) is 3.49. The minimum Gasteiger partial charge on any atom is -0.464 e. The third kappa shape index (κ3) is 3.32. The van der Waals surface area contributed by atoms with Crippen LogP contribution in [0.5, 0.6) is 0 Å². The van der Waals surface area contributed by atoms with Crippen LogP contribution in [0.2, 0.25) is 5.02 Å². The summed E-state index contributed by atoms with van der Waals surface area (Å²) in [5.41, 5.74) is 0.168. The van der Waals surface area contributed by atoms with Crippen molar-refractivity contribution >= 4 is 29.3 Å². The van der Waals surface area contributed by atoms with E-state index in [1.807, 2.05) is 32.2 Å². The van der Waals surface area contributed by atoms with E-state index >= 15 is 0 Å². The topological polar surface area (TPSA) is 68.0 Å². The van der Waals surface area contributed by atoms with Crippen LogP contribution in [0.1, 0.15) is 35.0 Å². The maximum Gasteiger partial charge on any atom is 0.272 e. The molecule has 0 aliphatic carbocycles. The summed E-state index contributed by atoms with van der Waals surface area (Å²) >= 11 is 7.31. The first-order valence-electron chi connectivity index (χ1n) is 5.95. The molecule has 0 fully saturated rings. The first-order valence-corrected chi connectivity index (χ1v) is 7.55. The fourth-order valence-corrected chi connectivity index (χ4v) is 2.15. The summed E-state index contributed by atoms with van der Waals surface area (Å²) in [6, 6.07) is 3.41. The average molecular weight is 312 g/mol. The number of halogens is 1. The number of hydrogen-bond donors (Lipinski definition) is 1. The molecular formula is C13H14ClN3O2S. The minimum atomic E-state index is -0.353. The van der Waals surface area contributed by atoms with E-state index < -0.39 is 0 Å². The molecule has 0 spiro atoms. The van der Waals surface area contributed by atoms with Crippen LogP contribution in [-0.2, 0) is 0 Å². The molecule has 20 heavy (non-hydrogen) atoms. The molecular weight excluding hydrogens is 298 g/mol. The number of furan rings is 1. The van der Waals surface area contributed by atoms with Gasteiger partial charge in [0.2, 0.25) is 0 Å². The van der Waals surface area contributed by atoms with E-state index in [0.717, 1.165) is 5.76 Å². The zero-order valence-corrected chi connectivity index (χ0v) is 12.9. The standard InChI is InChI=1S/C13H14ClN3O2S/c1-7-4-5-10(19-7)8(2)16-12(18)11-9(14)6-15-13(17-11)20-3/h4-6,8H,1-3H3,(H,16,18). The molecule has 106 valence electrons. The number of thioether (sulfide) groups is 1. The Hall–Kier alpha value is -1.53. The predicted octanol–water partition coefficient (Wildman–Crippen LogP) is 3.24. The molecule has 2 rings (SSSR count). The molecule has 2 aromatic rings. The van der Waals surface area contributed by atoms with Crippen LogP contribution < -0.4 is 5.32 Å². The summed E-state index contributed by atoms with van der Waals surface area (Å²) in [6.45, 7) is 3.69. The molecule has 0 saturated heterocycles. The van der Waals surface area contributed by atoms with Gasteiger partial charge < -0.3 is 9.73 Å². The zero-order valence-electron chi connectivity index (χ0n) is 11.3. The maximum atomic E-state index is 12.2. The number of nitrogens with one attached hydrogen (secondary N) is 1. The lowest BCUT2D eigenvalue weighted by Gasteiger charge is -2.12. The Morgan fingerprint density at radius 2 is 2.25 bits per heavy atom. The molecule has 2 heterocycles. The third-order valence-electron chi connectivity index (χ3n) is 2.66. The number of aryl methyl sites for hydroxylation is 1. The molecule has 7 heteroatoms. The molecule has 1 unspecified atom stereocenters. The Kier molecular flexibility index (Phi) is 4.67. The monoisotopic (exact) mass is 311 g/mol. The molecule has 0 radical (unpaired) electrons. The number of carbonyl (C=O) groups excluding carboxylic acids is 1. The van der Waals surface area contributed by atoms with Gasteiger partial charge in [-0.25, -0.2) is 9.97 Å². The summed E-state index contributed by atoms with van der Waals surface area (Å²) in [7, 11) is 0. The van der Waals surface area contributed by atoms with E-state index in [9.17, 15) is 4.79 Å². The van der Waals surface area contributed by atoms with Crippen LogP contribution in [0, 0.1) is 6.92 Å². The summed E-state index contributed by atoms with van der Waals surface area (Å²) in [6.07, 6.45) is 3.26. The van der Waals surface area contributed by atoms with Crippen molar-refractivity contribution in [3.05, 3.63) is 40.6 Å². The number of rotatable bonds is 4. The number of amides is 1. The van der Waals surface area contributed by atoms with Crippen molar-refractivity contribution in [2.24, 2.45) is 0 Å². The van der Waals surface area contributed by atoms with Crippen LogP contribution in [0.25, 0.3) is 0 Å². The molecule has 0 aliphatic heterocycles. The molecule has 2 aromatic heterocycles. The van der Waals surface area contributed by atoms with Gasteiger partial charge in [-0.15, -0.1) is 0 Å². The van der Waals surface area contributed by atoms with Crippen LogP contribution in [0.3, 0.4) is 0 Å². The molecule has 1 amide bonds. The highest BCUT2D eigenvalue weighted by molar-refractivity contribution is 7.98. The fraction of sp³-hybridized carbons (Fsp3) is 0.308. The Balaban J connectivity index is 2.15. The molecule has 0 aliphatic rings. The SMILES string of the molecule is CSc1ncc(Cl)c(C(=O)NC(C)c2ccc(C)o2)n1. The Labute approximate surface area is 126 Å². The van der Waals surface area contributed by atoms with Crippen molar-refractivity contribution in [2.45, 2.75) is 25.0 Å². The number of aromatic nitrogens is 2. The van der Waals surface area contributed by atoms with Gasteiger partial charge in [0.05, 0.1) is 17.3 Å². The first kappa shape index (κ1) is 14.9. The highest BCUT2D eigenvalue weighted by Gasteiger charge is 2.18. The second-order valence-corrected chi connectivity index (χ2v) is 5.38. The summed E-state index contributed by atoms with van der Waals surface area (Å²) in [4.78, 5) is 20.3. The van der Waals surface area contributed by atoms with Gasteiger partial charge in [-0.1, -0.05) is 23.4 Å². The summed E-state index contributed by atoms with van der Waals surface area (Å²) in [5, 5.41) is 3.53. The molecule has 1 N–H and O–H groups in total. The normalized spacial score (nSPS) is 12.2. The number of nitrogens with zero attached hydrogens (tertiary/aromatic N) is 2. The lowest BCUT2D eigenvalue weighted by atomic mass is 10.2. The Morgan fingerprint density at radius 1 is 1.50 bits per heavy atom. The maximum absolute atomic E-state index is 12.2.